The Morgan fingerprint density at radius 1 is 1.14 bits per heavy atom. The second-order valence-electron chi connectivity index (χ2n) is 11.0. The molecule has 0 spiro atoms. The molecule has 2 aromatic carbocycles. The first kappa shape index (κ1) is 27.2. The van der Waals surface area contributed by atoms with E-state index in [0.29, 0.717) is 32.7 Å². The first-order chi connectivity index (χ1) is 20.1. The number of fused-ring (bicyclic) bond motifs is 9. The highest BCUT2D eigenvalue weighted by Crippen LogP contribution is 2.69. The van der Waals surface area contributed by atoms with E-state index in [0.717, 1.165) is 21.8 Å². The third kappa shape index (κ3) is 4.16. The van der Waals surface area contributed by atoms with Crippen molar-refractivity contribution in [3.05, 3.63) is 83.3 Å². The second-order valence-corrected chi connectivity index (χ2v) is 13.7. The number of ether oxygens (including phenoxy) is 1. The van der Waals surface area contributed by atoms with Crippen LogP contribution in [0.2, 0.25) is 5.02 Å². The number of carbonyl (C=O) groups is 3. The first-order valence-electron chi connectivity index (χ1n) is 13.2. The van der Waals surface area contributed by atoms with Crippen molar-refractivity contribution < 1.29 is 29.2 Å². The number of hydrogen-bond acceptors (Lipinski definition) is 9. The number of thioether (sulfide) groups is 1. The number of nitro benzene ring substituents is 1. The van der Waals surface area contributed by atoms with Crippen LogP contribution in [-0.4, -0.2) is 49.5 Å². The van der Waals surface area contributed by atoms with Crippen LogP contribution >= 0.6 is 34.7 Å². The summed E-state index contributed by atoms with van der Waals surface area (Å²) in [5.74, 6) is -4.32. The van der Waals surface area contributed by atoms with Crippen molar-refractivity contribution in [1.29, 1.82) is 0 Å². The zero-order valence-electron chi connectivity index (χ0n) is 21.6. The number of benzene rings is 2. The van der Waals surface area contributed by atoms with Crippen LogP contribution in [0.1, 0.15) is 28.3 Å². The molecule has 7 rings (SSSR count). The number of aromatic nitrogens is 1. The van der Waals surface area contributed by atoms with Crippen LogP contribution in [0.5, 0.6) is 5.75 Å². The Kier molecular flexibility index (Phi) is 6.44. The van der Waals surface area contributed by atoms with Crippen LogP contribution < -0.4 is 9.61 Å². The van der Waals surface area contributed by atoms with Gasteiger partial charge in [-0.2, -0.15) is 0 Å². The third-order valence-electron chi connectivity index (χ3n) is 8.93. The molecule has 2 aliphatic carbocycles. The maximum Gasteiger partial charge on any atom is 0.323 e. The number of likely N-dealkylation sites (tertiary alicyclic amines) is 1. The highest BCUT2D eigenvalue weighted by Gasteiger charge is 2.69. The van der Waals surface area contributed by atoms with Gasteiger partial charge in [-0.3, -0.25) is 34.2 Å². The largest absolute Gasteiger partial charge is 0.489 e. The molecule has 3 fully saturated rings. The minimum atomic E-state index is -1.26. The fraction of sp³-hybridized carbons (Fsp3) is 0.357. The molecular formula is C28H22ClN3O8S2. The van der Waals surface area contributed by atoms with E-state index in [4.69, 9.17) is 16.3 Å². The molecule has 216 valence electrons. The van der Waals surface area contributed by atoms with E-state index in [1.165, 1.54) is 23.9 Å². The summed E-state index contributed by atoms with van der Waals surface area (Å²) in [6.07, 6.45) is 0.597. The topological polar surface area (TPSA) is 160 Å². The summed E-state index contributed by atoms with van der Waals surface area (Å²) in [7, 11) is 0. The molecule has 3 heterocycles. The molecule has 6 unspecified atom stereocenters. The maximum atomic E-state index is 13.4. The number of nitrogens with zero attached hydrogens (tertiary/aromatic N) is 2. The van der Waals surface area contributed by atoms with Crippen molar-refractivity contribution in [3.8, 4) is 5.75 Å². The predicted molar refractivity (Wildman–Crippen MR) is 152 cm³/mol. The Morgan fingerprint density at radius 3 is 2.62 bits per heavy atom. The molecule has 2 N–H and O–H groups in total. The molecule has 4 aliphatic rings. The van der Waals surface area contributed by atoms with Gasteiger partial charge in [0.2, 0.25) is 11.8 Å². The van der Waals surface area contributed by atoms with E-state index in [2.05, 4.69) is 4.98 Å². The number of aliphatic carboxylic acids is 1. The minimum Gasteiger partial charge on any atom is -0.489 e. The summed E-state index contributed by atoms with van der Waals surface area (Å²) in [6.45, 7) is -0.534. The van der Waals surface area contributed by atoms with Crippen molar-refractivity contribution in [3.63, 3.8) is 0 Å². The van der Waals surface area contributed by atoms with Crippen molar-refractivity contribution >= 4 is 58.2 Å². The van der Waals surface area contributed by atoms with Crippen LogP contribution in [-0.2, 0) is 21.0 Å². The summed E-state index contributed by atoms with van der Waals surface area (Å²) < 4.78 is 6.24. The summed E-state index contributed by atoms with van der Waals surface area (Å²) >= 11 is 8.65. The molecule has 1 aromatic heterocycles. The SMILES string of the molecule is O=C(O)CN1C(=O)C2C3CC(C2C1=O)C1C3Sc2[nH]c(=O)sc2[C@@H]1c1cc([N+](=O)[O-])ccc1OCc1cccc(Cl)c1. The summed E-state index contributed by atoms with van der Waals surface area (Å²) in [5, 5.41) is 22.2. The van der Waals surface area contributed by atoms with Gasteiger partial charge in [0.1, 0.15) is 18.9 Å². The number of nitrogens with one attached hydrogen (secondary N) is 1. The lowest BCUT2D eigenvalue weighted by atomic mass is 9.68. The number of carboxylic acid groups (broad SMARTS) is 1. The number of rotatable bonds is 7. The van der Waals surface area contributed by atoms with Crippen molar-refractivity contribution in [1.82, 2.24) is 9.88 Å². The number of H-pyrrole nitrogens is 1. The lowest BCUT2D eigenvalue weighted by Gasteiger charge is -2.43. The molecule has 2 bridgehead atoms. The van der Waals surface area contributed by atoms with Crippen LogP contribution in [0.15, 0.2) is 52.3 Å². The van der Waals surface area contributed by atoms with Gasteiger partial charge in [-0.15, -0.1) is 11.8 Å². The van der Waals surface area contributed by atoms with Gasteiger partial charge in [-0.25, -0.2) is 0 Å². The molecule has 11 nitrogen and oxygen atoms in total. The second kappa shape index (κ2) is 9.96. The molecule has 42 heavy (non-hydrogen) atoms. The van der Waals surface area contributed by atoms with E-state index < -0.39 is 47.0 Å². The van der Waals surface area contributed by atoms with Crippen LogP contribution in [0.3, 0.4) is 0 Å². The molecular weight excluding hydrogens is 606 g/mol. The molecule has 7 atom stereocenters. The fourth-order valence-electron chi connectivity index (χ4n) is 7.53. The maximum absolute atomic E-state index is 13.4. The van der Waals surface area contributed by atoms with Crippen LogP contribution in [0.4, 0.5) is 5.69 Å². The molecule has 2 saturated carbocycles. The number of nitro groups is 1. The van der Waals surface area contributed by atoms with E-state index in [1.807, 2.05) is 6.07 Å². The number of carbonyl (C=O) groups excluding carboxylic acids is 2. The Morgan fingerprint density at radius 2 is 1.90 bits per heavy atom. The number of imide groups is 1. The average molecular weight is 628 g/mol. The Balaban J connectivity index is 1.33. The van der Waals surface area contributed by atoms with Crippen molar-refractivity contribution in [2.75, 3.05) is 6.54 Å². The quantitative estimate of drug-likeness (QED) is 0.223. The van der Waals surface area contributed by atoms with Crippen molar-refractivity contribution in [2.24, 2.45) is 29.6 Å². The van der Waals surface area contributed by atoms with Gasteiger partial charge < -0.3 is 14.8 Å². The Bertz CT molecular complexity index is 1740. The lowest BCUT2D eigenvalue weighted by Crippen LogP contribution is -2.42. The zero-order valence-corrected chi connectivity index (χ0v) is 24.0. The van der Waals surface area contributed by atoms with Gasteiger partial charge in [0.05, 0.1) is 21.8 Å². The average Bonchev–Trinajstić information content (AvgIpc) is 3.67. The van der Waals surface area contributed by atoms with Gasteiger partial charge in [0.25, 0.3) is 5.69 Å². The van der Waals surface area contributed by atoms with Gasteiger partial charge in [0.15, 0.2) is 0 Å². The van der Waals surface area contributed by atoms with E-state index in [1.54, 1.807) is 24.3 Å². The van der Waals surface area contributed by atoms with Gasteiger partial charge in [0, 0.05) is 38.8 Å². The predicted octanol–water partition coefficient (Wildman–Crippen LogP) is 4.13. The number of halogens is 1. The van der Waals surface area contributed by atoms with E-state index >= 15 is 0 Å². The smallest absolute Gasteiger partial charge is 0.323 e. The van der Waals surface area contributed by atoms with Gasteiger partial charge in [-0.05, 0) is 47.9 Å². The third-order valence-corrected chi connectivity index (χ3v) is 11.8. The van der Waals surface area contributed by atoms with Gasteiger partial charge in [-0.1, -0.05) is 35.1 Å². The molecule has 3 aromatic rings. The number of non-ortho nitro benzene ring substituents is 1. The van der Waals surface area contributed by atoms with Crippen molar-refractivity contribution in [2.45, 2.75) is 29.2 Å². The minimum absolute atomic E-state index is 0.139. The normalized spacial score (nSPS) is 28.9. The molecule has 2 amide bonds. The monoisotopic (exact) mass is 627 g/mol. The zero-order chi connectivity index (χ0) is 29.4. The van der Waals surface area contributed by atoms with E-state index in [-0.39, 0.29) is 40.2 Å². The molecule has 2 aliphatic heterocycles. The van der Waals surface area contributed by atoms with Crippen LogP contribution in [0.25, 0.3) is 0 Å². The molecule has 0 radical (unpaired) electrons. The number of thiazole rings is 1. The summed E-state index contributed by atoms with van der Waals surface area (Å²) in [5.41, 5.74) is 1.19. The number of amides is 2. The van der Waals surface area contributed by atoms with E-state index in [9.17, 15) is 34.4 Å². The number of hydrogen-bond donors (Lipinski definition) is 2. The Labute approximate surface area is 251 Å². The molecule has 14 heteroatoms. The standard InChI is InChI=1S/C28H22ClN3O8S2/c29-12-3-1-2-11(6-12)10-40-17-5-4-13(32(38)39)7-14(17)19-20-15-8-16(23(20)41-25-24(19)42-28(37)30-25)22-21(15)26(35)31(27(22)36)9-18(33)34/h1-7,15-16,19-23H,8-10H2,(H,30,37)(H,33,34)/t15?,16?,19-,20?,21?,22?,23?/m1/s1. The highest BCUT2D eigenvalue weighted by atomic mass is 35.5. The lowest BCUT2D eigenvalue weighted by molar-refractivity contribution is -0.385. The first-order valence-corrected chi connectivity index (χ1v) is 15.3. The Hall–Kier alpha value is -3.68. The van der Waals surface area contributed by atoms with Crippen LogP contribution in [0, 0.1) is 39.7 Å². The fourth-order valence-corrected chi connectivity index (χ4v) is 10.6. The summed E-state index contributed by atoms with van der Waals surface area (Å²) in [4.78, 5) is 66.4. The molecule has 1 saturated heterocycles. The highest BCUT2D eigenvalue weighted by molar-refractivity contribution is 8.00. The van der Waals surface area contributed by atoms with Gasteiger partial charge >= 0.3 is 10.8 Å². The summed E-state index contributed by atoms with van der Waals surface area (Å²) in [6, 6.07) is 11.5. The number of aromatic amines is 1. The number of carboxylic acids is 1.